The Morgan fingerprint density at radius 1 is 1.29 bits per heavy atom. The minimum Gasteiger partial charge on any atom is -0.359 e. The van der Waals surface area contributed by atoms with Gasteiger partial charge in [-0.25, -0.2) is 9.97 Å². The number of aromatic amines is 1. The van der Waals surface area contributed by atoms with Crippen LogP contribution >= 0.6 is 0 Å². The van der Waals surface area contributed by atoms with E-state index in [1.807, 2.05) is 13.0 Å². The first-order chi connectivity index (χ1) is 10.2. The monoisotopic (exact) mass is 280 g/mol. The summed E-state index contributed by atoms with van der Waals surface area (Å²) < 4.78 is 0. The highest BCUT2D eigenvalue weighted by atomic mass is 16.2. The molecule has 0 fully saturated rings. The summed E-state index contributed by atoms with van der Waals surface area (Å²) >= 11 is 0. The van der Waals surface area contributed by atoms with E-state index in [9.17, 15) is 4.79 Å². The van der Waals surface area contributed by atoms with Crippen molar-refractivity contribution in [3.05, 3.63) is 40.6 Å². The second kappa shape index (κ2) is 4.55. The van der Waals surface area contributed by atoms with Gasteiger partial charge in [0.25, 0.3) is 5.91 Å². The van der Waals surface area contributed by atoms with E-state index in [4.69, 9.17) is 0 Å². The Labute approximate surface area is 122 Å². The van der Waals surface area contributed by atoms with E-state index in [0.717, 1.165) is 24.1 Å². The van der Waals surface area contributed by atoms with Crippen molar-refractivity contribution in [3.63, 3.8) is 0 Å². The van der Waals surface area contributed by atoms with Gasteiger partial charge in [0.15, 0.2) is 0 Å². The maximum absolute atomic E-state index is 12.1. The molecule has 0 bridgehead atoms. The molecule has 5 heteroatoms. The van der Waals surface area contributed by atoms with E-state index in [-0.39, 0.29) is 5.91 Å². The molecule has 0 saturated heterocycles. The maximum Gasteiger partial charge on any atom is 0.257 e. The van der Waals surface area contributed by atoms with E-state index in [2.05, 4.69) is 26.3 Å². The van der Waals surface area contributed by atoms with Gasteiger partial charge < -0.3 is 10.3 Å². The van der Waals surface area contributed by atoms with Crippen LogP contribution in [0.15, 0.2) is 12.3 Å². The number of rotatable bonds is 1. The molecule has 0 saturated carbocycles. The fraction of sp³-hybridized carbons (Fsp3) is 0.312. The van der Waals surface area contributed by atoms with Gasteiger partial charge in [-0.15, -0.1) is 0 Å². The quantitative estimate of drug-likeness (QED) is 0.788. The van der Waals surface area contributed by atoms with Gasteiger partial charge in [0.2, 0.25) is 0 Å². The summed E-state index contributed by atoms with van der Waals surface area (Å²) in [6.45, 7) is 1.81. The average molecular weight is 280 g/mol. The lowest BCUT2D eigenvalue weighted by molar-refractivity contribution is -0.110. The molecule has 0 unspecified atom stereocenters. The molecule has 3 heterocycles. The number of carbonyl (C=O) groups excluding carboxylic acids is 1. The standard InChI is InChI=1S/C16H16N4O/c1-9-17-8-13-12(16(21)20-15(13)18-9)7-11-6-10-4-2-3-5-14(10)19-11/h6-8,19H,2-5H2,1H3,(H,17,18,20,21). The summed E-state index contributed by atoms with van der Waals surface area (Å²) in [5.74, 6) is 1.15. The fourth-order valence-corrected chi connectivity index (χ4v) is 3.06. The number of aromatic nitrogens is 3. The van der Waals surface area contributed by atoms with E-state index in [0.29, 0.717) is 17.2 Å². The second-order valence-corrected chi connectivity index (χ2v) is 5.63. The van der Waals surface area contributed by atoms with Crippen molar-refractivity contribution in [2.45, 2.75) is 32.6 Å². The number of amides is 1. The average Bonchev–Trinajstić information content (AvgIpc) is 3.00. The van der Waals surface area contributed by atoms with Crippen molar-refractivity contribution in [2.75, 3.05) is 5.32 Å². The van der Waals surface area contributed by atoms with Crippen molar-refractivity contribution in [1.82, 2.24) is 15.0 Å². The van der Waals surface area contributed by atoms with Crippen LogP contribution < -0.4 is 5.32 Å². The number of H-pyrrole nitrogens is 1. The van der Waals surface area contributed by atoms with Crippen molar-refractivity contribution < 1.29 is 4.79 Å². The van der Waals surface area contributed by atoms with Gasteiger partial charge in [-0.3, -0.25) is 4.79 Å². The van der Waals surface area contributed by atoms with Gasteiger partial charge in [0.05, 0.1) is 5.57 Å². The van der Waals surface area contributed by atoms with Gasteiger partial charge >= 0.3 is 0 Å². The molecular formula is C16H16N4O. The first-order valence-electron chi connectivity index (χ1n) is 7.28. The van der Waals surface area contributed by atoms with E-state index >= 15 is 0 Å². The smallest absolute Gasteiger partial charge is 0.257 e. The van der Waals surface area contributed by atoms with Gasteiger partial charge in [0.1, 0.15) is 11.6 Å². The minimum absolute atomic E-state index is 0.113. The molecule has 0 radical (unpaired) electrons. The third-order valence-corrected chi connectivity index (χ3v) is 4.11. The Morgan fingerprint density at radius 3 is 3.00 bits per heavy atom. The van der Waals surface area contributed by atoms with Crippen LogP contribution in [-0.2, 0) is 17.6 Å². The van der Waals surface area contributed by atoms with Crippen LogP contribution in [0.2, 0.25) is 0 Å². The van der Waals surface area contributed by atoms with Crippen LogP contribution in [0.4, 0.5) is 5.82 Å². The number of carbonyl (C=O) groups is 1. The zero-order valence-corrected chi connectivity index (χ0v) is 11.9. The Morgan fingerprint density at radius 2 is 2.14 bits per heavy atom. The molecule has 1 aliphatic carbocycles. The van der Waals surface area contributed by atoms with Crippen molar-refractivity contribution in [1.29, 1.82) is 0 Å². The van der Waals surface area contributed by atoms with Crippen LogP contribution in [0.5, 0.6) is 0 Å². The predicted molar refractivity (Wildman–Crippen MR) is 80.7 cm³/mol. The number of hydrogen-bond acceptors (Lipinski definition) is 3. The summed E-state index contributed by atoms with van der Waals surface area (Å²) in [5.41, 5.74) is 5.08. The number of hydrogen-bond donors (Lipinski definition) is 2. The summed E-state index contributed by atoms with van der Waals surface area (Å²) in [4.78, 5) is 24.0. The number of nitrogens with one attached hydrogen (secondary N) is 2. The molecule has 2 aliphatic rings. The highest BCUT2D eigenvalue weighted by molar-refractivity contribution is 6.34. The maximum atomic E-state index is 12.1. The Kier molecular flexibility index (Phi) is 2.67. The molecule has 106 valence electrons. The molecule has 0 spiro atoms. The Hall–Kier alpha value is -2.43. The third kappa shape index (κ3) is 2.05. The second-order valence-electron chi connectivity index (χ2n) is 5.63. The van der Waals surface area contributed by atoms with Crippen LogP contribution in [0.25, 0.3) is 11.6 Å². The van der Waals surface area contributed by atoms with Crippen LogP contribution in [0, 0.1) is 6.92 Å². The minimum atomic E-state index is -0.113. The first-order valence-corrected chi connectivity index (χ1v) is 7.28. The largest absolute Gasteiger partial charge is 0.359 e. The molecule has 4 rings (SSSR count). The highest BCUT2D eigenvalue weighted by Crippen LogP contribution is 2.31. The van der Waals surface area contributed by atoms with Gasteiger partial charge in [-0.2, -0.15) is 0 Å². The topological polar surface area (TPSA) is 70.7 Å². The summed E-state index contributed by atoms with van der Waals surface area (Å²) in [5, 5.41) is 2.80. The number of fused-ring (bicyclic) bond motifs is 2. The van der Waals surface area contributed by atoms with Gasteiger partial charge in [-0.1, -0.05) is 0 Å². The number of anilines is 1. The van der Waals surface area contributed by atoms with Crippen LogP contribution in [0.1, 0.15) is 41.2 Å². The number of aryl methyl sites for hydroxylation is 3. The van der Waals surface area contributed by atoms with Crippen molar-refractivity contribution in [2.24, 2.45) is 0 Å². The van der Waals surface area contributed by atoms with Gasteiger partial charge in [0, 0.05) is 23.1 Å². The molecule has 2 N–H and O–H groups in total. The van der Waals surface area contributed by atoms with E-state index < -0.39 is 0 Å². The zero-order valence-electron chi connectivity index (χ0n) is 11.9. The van der Waals surface area contributed by atoms with E-state index in [1.165, 1.54) is 24.1 Å². The molecule has 1 amide bonds. The van der Waals surface area contributed by atoms with E-state index in [1.54, 1.807) is 6.20 Å². The summed E-state index contributed by atoms with van der Waals surface area (Å²) in [6.07, 6.45) is 8.32. The first kappa shape index (κ1) is 12.3. The SMILES string of the molecule is Cc1ncc2c(n1)NC(=O)C2=Cc1cc2c([nH]1)CCCC2. The lowest BCUT2D eigenvalue weighted by Crippen LogP contribution is -2.04. The molecule has 0 aromatic carbocycles. The fourth-order valence-electron chi connectivity index (χ4n) is 3.06. The highest BCUT2D eigenvalue weighted by Gasteiger charge is 2.26. The summed E-state index contributed by atoms with van der Waals surface area (Å²) in [7, 11) is 0. The summed E-state index contributed by atoms with van der Waals surface area (Å²) in [6, 6.07) is 2.15. The Bertz CT molecular complexity index is 749. The van der Waals surface area contributed by atoms with Crippen LogP contribution in [0.3, 0.4) is 0 Å². The lowest BCUT2D eigenvalue weighted by atomic mass is 9.98. The number of nitrogens with zero attached hydrogens (tertiary/aromatic N) is 2. The van der Waals surface area contributed by atoms with Crippen LogP contribution in [-0.4, -0.2) is 20.9 Å². The molecule has 2 aromatic rings. The molecule has 21 heavy (non-hydrogen) atoms. The molecule has 5 nitrogen and oxygen atoms in total. The Balaban J connectivity index is 1.76. The lowest BCUT2D eigenvalue weighted by Gasteiger charge is -2.08. The molecule has 1 aliphatic heterocycles. The molecule has 0 atom stereocenters. The molecule has 2 aromatic heterocycles. The zero-order chi connectivity index (χ0) is 14.4. The van der Waals surface area contributed by atoms with Crippen molar-refractivity contribution in [3.8, 4) is 0 Å². The predicted octanol–water partition coefficient (Wildman–Crippen LogP) is 2.48. The third-order valence-electron chi connectivity index (χ3n) is 4.11. The van der Waals surface area contributed by atoms with Gasteiger partial charge in [-0.05, 0) is 50.3 Å². The molecular weight excluding hydrogens is 264 g/mol. The normalized spacial score (nSPS) is 18.5. The van der Waals surface area contributed by atoms with Crippen molar-refractivity contribution >= 4 is 23.4 Å².